The minimum absolute atomic E-state index is 0.0387. The molecule has 22 heavy (non-hydrogen) atoms. The van der Waals surface area contributed by atoms with Crippen molar-refractivity contribution in [3.05, 3.63) is 53.9 Å². The van der Waals surface area contributed by atoms with E-state index in [4.69, 9.17) is 0 Å². The van der Waals surface area contributed by atoms with Crippen molar-refractivity contribution in [2.45, 2.75) is 11.6 Å². The van der Waals surface area contributed by atoms with E-state index in [0.29, 0.717) is 11.4 Å². The van der Waals surface area contributed by atoms with Crippen molar-refractivity contribution in [1.82, 2.24) is 9.47 Å². The largest absolute Gasteiger partial charge is 0.416 e. The average Bonchev–Trinajstić information content (AvgIpc) is 3.07. The third kappa shape index (κ3) is 2.72. The molecular formula is C15H13F3N2OS. The summed E-state index contributed by atoms with van der Waals surface area (Å²) in [5, 5.41) is -0.0387. The van der Waals surface area contributed by atoms with Gasteiger partial charge in [0.05, 0.1) is 11.3 Å². The molecule has 0 bridgehead atoms. The van der Waals surface area contributed by atoms with E-state index in [1.807, 2.05) is 12.3 Å². The van der Waals surface area contributed by atoms with Crippen molar-refractivity contribution in [2.24, 2.45) is 0 Å². The Kier molecular flexibility index (Phi) is 3.68. The number of alkyl halides is 3. The van der Waals surface area contributed by atoms with Crippen LogP contribution >= 0.6 is 11.8 Å². The van der Waals surface area contributed by atoms with Gasteiger partial charge in [-0.1, -0.05) is 0 Å². The number of carbonyl (C=O) groups is 1. The molecular weight excluding hydrogens is 313 g/mol. The van der Waals surface area contributed by atoms with Crippen molar-refractivity contribution in [1.29, 1.82) is 0 Å². The van der Waals surface area contributed by atoms with Gasteiger partial charge in [-0.15, -0.1) is 11.8 Å². The summed E-state index contributed by atoms with van der Waals surface area (Å²) in [5.74, 6) is 0.532. The van der Waals surface area contributed by atoms with Gasteiger partial charge < -0.3 is 9.47 Å². The molecule has 7 heteroatoms. The van der Waals surface area contributed by atoms with Gasteiger partial charge >= 0.3 is 6.18 Å². The van der Waals surface area contributed by atoms with Crippen LogP contribution in [0.25, 0.3) is 5.69 Å². The second-order valence-corrected chi connectivity index (χ2v) is 6.13. The first-order valence-corrected chi connectivity index (χ1v) is 7.64. The van der Waals surface area contributed by atoms with E-state index in [9.17, 15) is 18.0 Å². The lowest BCUT2D eigenvalue weighted by molar-refractivity contribution is -0.137. The molecule has 1 aromatic heterocycles. The maximum absolute atomic E-state index is 12.6. The van der Waals surface area contributed by atoms with Gasteiger partial charge in [0.25, 0.3) is 0 Å². The highest BCUT2D eigenvalue weighted by atomic mass is 32.2. The maximum atomic E-state index is 12.6. The monoisotopic (exact) mass is 326 g/mol. The summed E-state index contributed by atoms with van der Waals surface area (Å²) in [6.07, 6.45) is -0.700. The third-order valence-corrected chi connectivity index (χ3v) is 4.92. The molecule has 0 unspecified atom stereocenters. The molecule has 0 radical (unpaired) electrons. The molecule has 1 saturated heterocycles. The van der Waals surface area contributed by atoms with E-state index >= 15 is 0 Å². The molecule has 2 aromatic rings. The minimum atomic E-state index is -4.33. The lowest BCUT2D eigenvalue weighted by atomic mass is 10.2. The highest BCUT2D eigenvalue weighted by molar-refractivity contribution is 8.00. The normalized spacial score (nSPS) is 19.0. The first kappa shape index (κ1) is 15.0. The number of thioether (sulfide) groups is 1. The quantitative estimate of drug-likeness (QED) is 0.841. The first-order chi connectivity index (χ1) is 10.4. The molecule has 1 aromatic carbocycles. The summed E-state index contributed by atoms with van der Waals surface area (Å²) in [5.41, 5.74) is 0.940. The van der Waals surface area contributed by atoms with Crippen molar-refractivity contribution in [3.8, 4) is 5.69 Å². The predicted octanol–water partition coefficient (Wildman–Crippen LogP) is 3.70. The summed E-state index contributed by atoms with van der Waals surface area (Å²) in [6.45, 7) is 0. The lowest BCUT2D eigenvalue weighted by Gasteiger charge is -2.17. The van der Waals surface area contributed by atoms with Crippen molar-refractivity contribution in [3.63, 3.8) is 0 Å². The summed E-state index contributed by atoms with van der Waals surface area (Å²) >= 11 is 1.54. The van der Waals surface area contributed by atoms with Gasteiger partial charge in [0.1, 0.15) is 5.37 Å². The number of benzene rings is 1. The molecule has 0 aliphatic carbocycles. The van der Waals surface area contributed by atoms with Gasteiger partial charge in [0.2, 0.25) is 5.91 Å². The predicted molar refractivity (Wildman–Crippen MR) is 78.7 cm³/mol. The van der Waals surface area contributed by atoms with Gasteiger partial charge in [-0.05, 0) is 30.3 Å². The Bertz CT molecular complexity index is 694. The van der Waals surface area contributed by atoms with Crippen LogP contribution in [-0.4, -0.2) is 28.2 Å². The van der Waals surface area contributed by atoms with E-state index in [1.54, 1.807) is 34.5 Å². The van der Waals surface area contributed by atoms with Crippen molar-refractivity contribution in [2.75, 3.05) is 12.8 Å². The van der Waals surface area contributed by atoms with Crippen LogP contribution in [0.4, 0.5) is 13.2 Å². The Morgan fingerprint density at radius 1 is 1.18 bits per heavy atom. The number of aromatic nitrogens is 1. The number of hydrogen-bond donors (Lipinski definition) is 0. The zero-order chi connectivity index (χ0) is 15.9. The molecule has 1 aliphatic heterocycles. The second kappa shape index (κ2) is 5.39. The maximum Gasteiger partial charge on any atom is 0.416 e. The Morgan fingerprint density at radius 3 is 2.41 bits per heavy atom. The molecule has 0 spiro atoms. The highest BCUT2D eigenvalue weighted by Gasteiger charge is 2.31. The van der Waals surface area contributed by atoms with Gasteiger partial charge in [0.15, 0.2) is 0 Å². The zero-order valence-corrected chi connectivity index (χ0v) is 12.5. The van der Waals surface area contributed by atoms with E-state index in [-0.39, 0.29) is 11.3 Å². The van der Waals surface area contributed by atoms with E-state index in [0.717, 1.165) is 17.7 Å². The molecule has 3 nitrogen and oxygen atoms in total. The number of halogens is 3. The van der Waals surface area contributed by atoms with Crippen LogP contribution in [0, 0.1) is 0 Å². The zero-order valence-electron chi connectivity index (χ0n) is 11.7. The van der Waals surface area contributed by atoms with Crippen LogP contribution < -0.4 is 0 Å². The van der Waals surface area contributed by atoms with Crippen LogP contribution in [0.5, 0.6) is 0 Å². The van der Waals surface area contributed by atoms with Gasteiger partial charge in [-0.3, -0.25) is 4.79 Å². The Morgan fingerprint density at radius 2 is 1.86 bits per heavy atom. The minimum Gasteiger partial charge on any atom is -0.329 e. The van der Waals surface area contributed by atoms with Crippen molar-refractivity contribution >= 4 is 17.7 Å². The van der Waals surface area contributed by atoms with Crippen LogP contribution in [0.2, 0.25) is 0 Å². The SMILES string of the molecule is CN1C(=O)CS[C@H]1c1ccn(-c2ccc(C(F)(F)F)cc2)c1. The topological polar surface area (TPSA) is 25.2 Å². The molecule has 3 rings (SSSR count). The fourth-order valence-corrected chi connectivity index (χ4v) is 3.53. The fraction of sp³-hybridized carbons (Fsp3) is 0.267. The molecule has 0 N–H and O–H groups in total. The Hall–Kier alpha value is -1.89. The number of rotatable bonds is 2. The standard InChI is InChI=1S/C15H13F3N2OS/c1-19-13(21)9-22-14(19)10-6-7-20(8-10)12-4-2-11(3-5-12)15(16,17)18/h2-8,14H,9H2,1H3/t14-/m0/s1. The van der Waals surface area contributed by atoms with Gasteiger partial charge in [-0.25, -0.2) is 0 Å². The number of carbonyl (C=O) groups excluding carboxylic acids is 1. The fourth-order valence-electron chi connectivity index (χ4n) is 2.36. The van der Waals surface area contributed by atoms with E-state index < -0.39 is 11.7 Å². The molecule has 1 fully saturated rings. The summed E-state index contributed by atoms with van der Waals surface area (Å²) < 4.78 is 39.4. The van der Waals surface area contributed by atoms with E-state index in [1.165, 1.54) is 12.1 Å². The van der Waals surface area contributed by atoms with Gasteiger partial charge in [0, 0.05) is 30.7 Å². The smallest absolute Gasteiger partial charge is 0.329 e. The highest BCUT2D eigenvalue weighted by Crippen LogP contribution is 2.37. The summed E-state index contributed by atoms with van der Waals surface area (Å²) in [6, 6.07) is 6.88. The number of amides is 1. The molecule has 1 amide bonds. The van der Waals surface area contributed by atoms with Crippen LogP contribution in [0.1, 0.15) is 16.5 Å². The second-order valence-electron chi connectivity index (χ2n) is 5.06. The number of nitrogens with zero attached hydrogens (tertiary/aromatic N) is 2. The van der Waals surface area contributed by atoms with Crippen LogP contribution in [0.15, 0.2) is 42.7 Å². The third-order valence-electron chi connectivity index (χ3n) is 3.60. The van der Waals surface area contributed by atoms with Crippen LogP contribution in [-0.2, 0) is 11.0 Å². The van der Waals surface area contributed by atoms with Crippen LogP contribution in [0.3, 0.4) is 0 Å². The first-order valence-electron chi connectivity index (χ1n) is 6.59. The summed E-state index contributed by atoms with van der Waals surface area (Å²) in [4.78, 5) is 13.2. The van der Waals surface area contributed by atoms with Gasteiger partial charge in [-0.2, -0.15) is 13.2 Å². The molecule has 1 aliphatic rings. The Balaban J connectivity index is 1.83. The van der Waals surface area contributed by atoms with E-state index in [2.05, 4.69) is 0 Å². The molecule has 0 saturated carbocycles. The lowest BCUT2D eigenvalue weighted by Crippen LogP contribution is -2.22. The summed E-state index contributed by atoms with van der Waals surface area (Å²) in [7, 11) is 1.75. The van der Waals surface area contributed by atoms with Crippen molar-refractivity contribution < 1.29 is 18.0 Å². The Labute approximate surface area is 129 Å². The molecule has 2 heterocycles. The molecule has 116 valence electrons. The average molecular weight is 326 g/mol. The number of hydrogen-bond acceptors (Lipinski definition) is 2. The molecule has 1 atom stereocenters.